The molecule has 5 aliphatic rings. The second-order valence-corrected chi connectivity index (χ2v) is 14.7. The second-order valence-electron chi connectivity index (χ2n) is 14.7. The van der Waals surface area contributed by atoms with E-state index in [1.807, 2.05) is 0 Å². The van der Waals surface area contributed by atoms with Gasteiger partial charge < -0.3 is 130 Å². The monoisotopic (exact) mass is 869 g/mol. The maximum absolute atomic E-state index is 11.7. The molecule has 5 rings (SSSR count). The summed E-state index contributed by atoms with van der Waals surface area (Å²) in [5, 5.41) is 171. The molecule has 27 heteroatoms. The lowest BCUT2D eigenvalue weighted by atomic mass is 9.95. The van der Waals surface area contributed by atoms with E-state index in [9.17, 15) is 86.5 Å². The Balaban J connectivity index is 1.42. The van der Waals surface area contributed by atoms with Crippen molar-refractivity contribution in [2.75, 3.05) is 33.0 Å². The third-order valence-electron chi connectivity index (χ3n) is 10.7. The number of nitrogens with one attached hydrogen (secondary N) is 1. The Morgan fingerprint density at radius 1 is 0.407 bits per heavy atom. The minimum absolute atomic E-state index is 0.704. The standard InChI is InChI=1S/C32H55NO26/c1-7(39)33-13-18(44)24(12(6-38)51-28(13)50)56-30-23(49)25(17(43)11(5-37)53-30)57-31-27(21(47)16(42)9(3-35)54-31)59-32-26(20(46)15(41)10(4-36)55-32)58-29-22(48)19(45)14(40)8(2-34)52-29/h8-32,34-38,40-50H,2-6H2,1H3,(H,33,39). The molecule has 0 aromatic carbocycles. The van der Waals surface area contributed by atoms with Crippen molar-refractivity contribution in [3.8, 4) is 0 Å². The van der Waals surface area contributed by atoms with Gasteiger partial charge >= 0.3 is 0 Å². The van der Waals surface area contributed by atoms with Gasteiger partial charge in [-0.1, -0.05) is 0 Å². The first-order valence-electron chi connectivity index (χ1n) is 18.6. The van der Waals surface area contributed by atoms with Crippen molar-refractivity contribution in [1.82, 2.24) is 5.32 Å². The van der Waals surface area contributed by atoms with Crippen LogP contribution in [0.15, 0.2) is 0 Å². The molecule has 0 bridgehead atoms. The van der Waals surface area contributed by atoms with Crippen molar-refractivity contribution in [1.29, 1.82) is 0 Å². The predicted molar refractivity (Wildman–Crippen MR) is 178 cm³/mol. The van der Waals surface area contributed by atoms with Crippen molar-refractivity contribution in [2.45, 2.75) is 160 Å². The number of carbonyl (C=O) groups is 1. The van der Waals surface area contributed by atoms with Gasteiger partial charge in [-0.2, -0.15) is 0 Å². The number of hydrogen-bond acceptors (Lipinski definition) is 26. The number of amides is 1. The first-order chi connectivity index (χ1) is 27.9. The highest BCUT2D eigenvalue weighted by Crippen LogP contribution is 2.36. The molecule has 0 aromatic rings. The molecule has 0 aromatic heterocycles. The van der Waals surface area contributed by atoms with E-state index in [0.29, 0.717) is 0 Å². The van der Waals surface area contributed by atoms with E-state index < -0.39 is 192 Å². The summed E-state index contributed by atoms with van der Waals surface area (Å²) in [5.74, 6) is -0.704. The molecule has 27 nitrogen and oxygen atoms in total. The van der Waals surface area contributed by atoms with E-state index >= 15 is 0 Å². The molecule has 5 saturated heterocycles. The Bertz CT molecular complexity index is 1320. The lowest BCUT2D eigenvalue weighted by molar-refractivity contribution is -0.406. The molecule has 0 spiro atoms. The average Bonchev–Trinajstić information content (AvgIpc) is 3.21. The second kappa shape index (κ2) is 20.8. The molecule has 5 heterocycles. The maximum Gasteiger partial charge on any atom is 0.217 e. The van der Waals surface area contributed by atoms with E-state index in [1.54, 1.807) is 0 Å². The van der Waals surface area contributed by atoms with Gasteiger partial charge in [0, 0.05) is 6.92 Å². The van der Waals surface area contributed by atoms with E-state index in [2.05, 4.69) is 5.32 Å². The zero-order valence-electron chi connectivity index (χ0n) is 31.2. The lowest BCUT2D eigenvalue weighted by Crippen LogP contribution is -2.69. The highest BCUT2D eigenvalue weighted by Gasteiger charge is 2.57. The summed E-state index contributed by atoms with van der Waals surface area (Å²) < 4.78 is 50.6. The van der Waals surface area contributed by atoms with Gasteiger partial charge in [0.25, 0.3) is 0 Å². The Kier molecular flexibility index (Phi) is 17.1. The van der Waals surface area contributed by atoms with Gasteiger partial charge in [-0.25, -0.2) is 0 Å². The predicted octanol–water partition coefficient (Wildman–Crippen LogP) is -11.8. The smallest absolute Gasteiger partial charge is 0.217 e. The van der Waals surface area contributed by atoms with Gasteiger partial charge in [0.05, 0.1) is 33.0 Å². The van der Waals surface area contributed by atoms with Crippen molar-refractivity contribution in [3.05, 3.63) is 0 Å². The summed E-state index contributed by atoms with van der Waals surface area (Å²) >= 11 is 0. The minimum Gasteiger partial charge on any atom is -0.394 e. The van der Waals surface area contributed by atoms with Gasteiger partial charge in [-0.05, 0) is 0 Å². The fraction of sp³-hybridized carbons (Fsp3) is 0.969. The van der Waals surface area contributed by atoms with E-state index in [-0.39, 0.29) is 0 Å². The van der Waals surface area contributed by atoms with Gasteiger partial charge in [0.1, 0.15) is 122 Å². The lowest BCUT2D eigenvalue weighted by Gasteiger charge is -2.50. The van der Waals surface area contributed by atoms with E-state index in [0.717, 1.165) is 6.92 Å². The van der Waals surface area contributed by atoms with Crippen LogP contribution in [0.5, 0.6) is 0 Å². The third-order valence-corrected chi connectivity index (χ3v) is 10.7. The molecule has 59 heavy (non-hydrogen) atoms. The van der Waals surface area contributed by atoms with Crippen LogP contribution < -0.4 is 5.32 Å². The zero-order valence-corrected chi connectivity index (χ0v) is 31.2. The summed E-state index contributed by atoms with van der Waals surface area (Å²) in [7, 11) is 0. The normalized spacial score (nSPS) is 51.0. The van der Waals surface area contributed by atoms with Crippen molar-refractivity contribution < 1.29 is 129 Å². The highest BCUT2D eigenvalue weighted by atomic mass is 16.8. The molecule has 17 N–H and O–H groups in total. The van der Waals surface area contributed by atoms with Crippen LogP contribution >= 0.6 is 0 Å². The maximum atomic E-state index is 11.7. The first-order valence-corrected chi connectivity index (χ1v) is 18.6. The summed E-state index contributed by atoms with van der Waals surface area (Å²) in [4.78, 5) is 11.7. The summed E-state index contributed by atoms with van der Waals surface area (Å²) in [6.45, 7) is -3.61. The van der Waals surface area contributed by atoms with E-state index in [4.69, 9.17) is 42.6 Å². The highest BCUT2D eigenvalue weighted by molar-refractivity contribution is 5.73. The van der Waals surface area contributed by atoms with Crippen LogP contribution in [0, 0.1) is 0 Å². The largest absolute Gasteiger partial charge is 0.394 e. The van der Waals surface area contributed by atoms with Crippen molar-refractivity contribution in [3.63, 3.8) is 0 Å². The molecule has 25 atom stereocenters. The molecule has 0 radical (unpaired) electrons. The Morgan fingerprint density at radius 2 is 0.780 bits per heavy atom. The number of ether oxygens (including phenoxy) is 9. The summed E-state index contributed by atoms with van der Waals surface area (Å²) in [6, 6.07) is -1.52. The fourth-order valence-corrected chi connectivity index (χ4v) is 7.39. The van der Waals surface area contributed by atoms with Crippen molar-refractivity contribution in [2.24, 2.45) is 0 Å². The molecule has 344 valence electrons. The van der Waals surface area contributed by atoms with Crippen LogP contribution in [0.3, 0.4) is 0 Å². The Hall–Kier alpha value is -1.53. The number of carbonyl (C=O) groups excluding carboxylic acids is 1. The summed E-state index contributed by atoms with van der Waals surface area (Å²) in [6.07, 6.45) is -45.7. The topological polar surface area (TPSA) is 436 Å². The van der Waals surface area contributed by atoms with Gasteiger partial charge in [-0.3, -0.25) is 4.79 Å². The fourth-order valence-electron chi connectivity index (χ4n) is 7.39. The molecule has 5 fully saturated rings. The van der Waals surface area contributed by atoms with Crippen LogP contribution in [0.1, 0.15) is 6.92 Å². The molecule has 0 saturated carbocycles. The third kappa shape index (κ3) is 10.2. The SMILES string of the molecule is CC(=O)NC1C(O)OC(CO)C(OC2OC(CO)C(O)C(OC3OC(CO)C(O)C(O)C3OC3OC(CO)C(O)C(O)C3OC3OC(CO)C(O)C(O)C3O)C2O)C1O. The molecule has 5 aliphatic heterocycles. The Morgan fingerprint density at radius 3 is 1.24 bits per heavy atom. The van der Waals surface area contributed by atoms with Gasteiger partial charge in [-0.15, -0.1) is 0 Å². The van der Waals surface area contributed by atoms with E-state index in [1.165, 1.54) is 0 Å². The van der Waals surface area contributed by atoms with Crippen molar-refractivity contribution >= 4 is 5.91 Å². The number of rotatable bonds is 14. The molecule has 0 aliphatic carbocycles. The molecule has 25 unspecified atom stereocenters. The number of hydrogen-bond donors (Lipinski definition) is 17. The van der Waals surface area contributed by atoms with Crippen LogP contribution in [0.25, 0.3) is 0 Å². The minimum atomic E-state index is -2.16. The van der Waals surface area contributed by atoms with Gasteiger partial charge in [0.15, 0.2) is 31.5 Å². The zero-order chi connectivity index (χ0) is 43.6. The average molecular weight is 870 g/mol. The van der Waals surface area contributed by atoms with Crippen LogP contribution in [0.4, 0.5) is 0 Å². The van der Waals surface area contributed by atoms with Crippen LogP contribution in [-0.4, -0.2) is 274 Å². The Labute approximate surface area is 333 Å². The number of aliphatic hydroxyl groups excluding tert-OH is 16. The van der Waals surface area contributed by atoms with Gasteiger partial charge in [0.2, 0.25) is 5.91 Å². The number of aliphatic hydroxyl groups is 16. The quantitative estimate of drug-likeness (QED) is 0.0770. The van der Waals surface area contributed by atoms with Crippen LogP contribution in [-0.2, 0) is 47.4 Å². The van der Waals surface area contributed by atoms with Crippen LogP contribution in [0.2, 0.25) is 0 Å². The summed E-state index contributed by atoms with van der Waals surface area (Å²) in [5.41, 5.74) is 0. The first kappa shape index (κ1) is 48.5. The molecule has 1 amide bonds. The molecular weight excluding hydrogens is 814 g/mol. The molecular formula is C32H55NO26.